The van der Waals surface area contributed by atoms with Gasteiger partial charge in [-0.15, -0.1) is 0 Å². The van der Waals surface area contributed by atoms with Crippen LogP contribution in [0.15, 0.2) is 28.7 Å². The van der Waals surface area contributed by atoms with Crippen molar-refractivity contribution in [2.45, 2.75) is 19.4 Å². The highest BCUT2D eigenvalue weighted by molar-refractivity contribution is 9.10. The minimum Gasteiger partial charge on any atom is -0.372 e. The highest BCUT2D eigenvalue weighted by Gasteiger charge is 2.24. The Kier molecular flexibility index (Phi) is 5.22. The molecule has 1 amide bonds. The van der Waals surface area contributed by atoms with Gasteiger partial charge in [0, 0.05) is 30.2 Å². The van der Waals surface area contributed by atoms with Gasteiger partial charge in [-0.05, 0) is 41.4 Å². The van der Waals surface area contributed by atoms with Crippen LogP contribution in [0.3, 0.4) is 0 Å². The van der Waals surface area contributed by atoms with Crippen molar-refractivity contribution in [2.24, 2.45) is 0 Å². The van der Waals surface area contributed by atoms with E-state index in [0.717, 1.165) is 24.0 Å². The fourth-order valence-corrected chi connectivity index (χ4v) is 2.80. The van der Waals surface area contributed by atoms with Crippen molar-refractivity contribution >= 4 is 27.5 Å². The third-order valence-corrected chi connectivity index (χ3v) is 3.85. The van der Waals surface area contributed by atoms with Gasteiger partial charge in [-0.1, -0.05) is 12.1 Å². The van der Waals surface area contributed by atoms with Gasteiger partial charge < -0.3 is 15.0 Å². The molecule has 0 aliphatic carbocycles. The minimum atomic E-state index is -0.0270. The largest absolute Gasteiger partial charge is 0.372 e. The predicted octanol–water partition coefficient (Wildman–Crippen LogP) is 2.18. The molecule has 1 aromatic rings. The van der Waals surface area contributed by atoms with E-state index in [9.17, 15) is 4.79 Å². The Hall–Kier alpha value is -1.07. The molecule has 4 nitrogen and oxygen atoms in total. The number of carbonyl (C=O) groups is 1. The number of ether oxygens (including phenoxy) is 1. The third-order valence-electron chi connectivity index (χ3n) is 3.18. The summed E-state index contributed by atoms with van der Waals surface area (Å²) in [6.45, 7) is 4.42. The lowest BCUT2D eigenvalue weighted by Crippen LogP contribution is -2.39. The summed E-state index contributed by atoms with van der Waals surface area (Å²) in [5.41, 5.74) is 1.18. The second-order valence-corrected chi connectivity index (χ2v) is 5.44. The Morgan fingerprint density at radius 3 is 3.05 bits per heavy atom. The van der Waals surface area contributed by atoms with Crippen LogP contribution in [0.25, 0.3) is 0 Å². The van der Waals surface area contributed by atoms with Crippen LogP contribution in [-0.4, -0.2) is 38.3 Å². The zero-order valence-corrected chi connectivity index (χ0v) is 12.6. The number of amides is 1. The van der Waals surface area contributed by atoms with E-state index in [1.54, 1.807) is 0 Å². The van der Waals surface area contributed by atoms with Crippen LogP contribution in [0.2, 0.25) is 0 Å². The summed E-state index contributed by atoms with van der Waals surface area (Å²) in [5, 5.41) is 3.01. The van der Waals surface area contributed by atoms with Gasteiger partial charge in [0.25, 0.3) is 0 Å². The molecule has 1 saturated heterocycles. The highest BCUT2D eigenvalue weighted by Crippen LogP contribution is 2.28. The van der Waals surface area contributed by atoms with Gasteiger partial charge >= 0.3 is 0 Å². The van der Waals surface area contributed by atoms with Crippen LogP contribution >= 0.6 is 15.9 Å². The number of rotatable bonds is 5. The number of anilines is 1. The first kappa shape index (κ1) is 14.3. The molecule has 0 unspecified atom stereocenters. The van der Waals surface area contributed by atoms with Crippen LogP contribution in [0.5, 0.6) is 0 Å². The molecule has 1 aliphatic heterocycles. The summed E-state index contributed by atoms with van der Waals surface area (Å²) in [6, 6.07) is 8.37. The lowest BCUT2D eigenvalue weighted by molar-refractivity contribution is -0.126. The molecule has 1 atom stereocenters. The van der Waals surface area contributed by atoms with Crippen LogP contribution in [0, 0.1) is 0 Å². The van der Waals surface area contributed by atoms with Gasteiger partial charge in [0.05, 0.1) is 5.69 Å². The highest BCUT2D eigenvalue weighted by atomic mass is 79.9. The van der Waals surface area contributed by atoms with Crippen LogP contribution < -0.4 is 10.2 Å². The number of benzene rings is 1. The number of nitrogens with zero attached hydrogens (tertiary/aromatic N) is 1. The van der Waals surface area contributed by atoms with Gasteiger partial charge in [0.1, 0.15) is 6.61 Å². The van der Waals surface area contributed by atoms with E-state index >= 15 is 0 Å². The van der Waals surface area contributed by atoms with E-state index in [2.05, 4.69) is 32.2 Å². The van der Waals surface area contributed by atoms with E-state index < -0.39 is 0 Å². The van der Waals surface area contributed by atoms with Crippen molar-refractivity contribution in [1.82, 2.24) is 5.32 Å². The molecule has 0 saturated carbocycles. The van der Waals surface area contributed by atoms with Crippen molar-refractivity contribution in [1.29, 1.82) is 0 Å². The Morgan fingerprint density at radius 2 is 2.32 bits per heavy atom. The summed E-state index contributed by atoms with van der Waals surface area (Å²) in [4.78, 5) is 13.9. The summed E-state index contributed by atoms with van der Waals surface area (Å²) in [6.07, 6.45) is 0.971. The maximum absolute atomic E-state index is 11.6. The second kappa shape index (κ2) is 6.91. The average molecular weight is 327 g/mol. The van der Waals surface area contributed by atoms with E-state index in [1.807, 2.05) is 25.1 Å². The molecular weight excluding hydrogens is 308 g/mol. The van der Waals surface area contributed by atoms with E-state index in [1.165, 1.54) is 5.69 Å². The van der Waals surface area contributed by atoms with Crippen molar-refractivity contribution in [2.75, 3.05) is 31.2 Å². The van der Waals surface area contributed by atoms with E-state index in [0.29, 0.717) is 6.61 Å². The van der Waals surface area contributed by atoms with E-state index in [-0.39, 0.29) is 18.6 Å². The molecule has 2 rings (SSSR count). The second-order valence-electron chi connectivity index (χ2n) is 4.59. The normalized spacial score (nSPS) is 18.6. The number of hydrogen-bond acceptors (Lipinski definition) is 3. The minimum absolute atomic E-state index is 0.0270. The summed E-state index contributed by atoms with van der Waals surface area (Å²) >= 11 is 3.56. The first-order valence-electron chi connectivity index (χ1n) is 6.57. The molecule has 104 valence electrons. The Morgan fingerprint density at radius 1 is 1.53 bits per heavy atom. The molecule has 1 aliphatic rings. The monoisotopic (exact) mass is 326 g/mol. The maximum Gasteiger partial charge on any atom is 0.246 e. The molecular formula is C14H19BrN2O2. The molecule has 1 aromatic carbocycles. The van der Waals surface area contributed by atoms with Crippen LogP contribution in [0.4, 0.5) is 5.69 Å². The molecule has 0 bridgehead atoms. The topological polar surface area (TPSA) is 41.6 Å². The molecule has 1 heterocycles. The number of carbonyl (C=O) groups excluding carboxylic acids is 1. The molecule has 1 N–H and O–H groups in total. The number of para-hydroxylation sites is 1. The lowest BCUT2D eigenvalue weighted by atomic mass is 10.2. The molecule has 0 aromatic heterocycles. The first-order valence-corrected chi connectivity index (χ1v) is 7.36. The van der Waals surface area contributed by atoms with Gasteiger partial charge in [-0.3, -0.25) is 4.79 Å². The van der Waals surface area contributed by atoms with Crippen molar-refractivity contribution in [3.05, 3.63) is 28.7 Å². The number of halogens is 1. The summed E-state index contributed by atoms with van der Waals surface area (Å²) < 4.78 is 6.20. The quantitative estimate of drug-likeness (QED) is 0.901. The Labute approximate surface area is 122 Å². The van der Waals surface area contributed by atoms with Crippen molar-refractivity contribution in [3.8, 4) is 0 Å². The van der Waals surface area contributed by atoms with Crippen LogP contribution in [0.1, 0.15) is 13.3 Å². The van der Waals surface area contributed by atoms with Crippen molar-refractivity contribution < 1.29 is 9.53 Å². The summed E-state index contributed by atoms with van der Waals surface area (Å²) in [7, 11) is 0. The molecule has 19 heavy (non-hydrogen) atoms. The standard InChI is InChI=1S/C14H19BrN2O2/c1-2-19-10-14(18)16-11-7-8-17(9-11)13-6-4-3-5-12(13)15/h3-6,11H,2,7-10H2,1H3,(H,16,18)/t11-/m0/s1. The smallest absolute Gasteiger partial charge is 0.246 e. The molecule has 1 fully saturated rings. The Bertz CT molecular complexity index is 439. The predicted molar refractivity (Wildman–Crippen MR) is 79.4 cm³/mol. The zero-order chi connectivity index (χ0) is 13.7. The third kappa shape index (κ3) is 3.94. The molecule has 5 heteroatoms. The summed E-state index contributed by atoms with van der Waals surface area (Å²) in [5.74, 6) is -0.0270. The number of nitrogens with one attached hydrogen (secondary N) is 1. The maximum atomic E-state index is 11.6. The molecule has 0 spiro atoms. The fourth-order valence-electron chi connectivity index (χ4n) is 2.27. The van der Waals surface area contributed by atoms with Crippen molar-refractivity contribution in [3.63, 3.8) is 0 Å². The lowest BCUT2D eigenvalue weighted by Gasteiger charge is -2.20. The van der Waals surface area contributed by atoms with Gasteiger partial charge in [-0.2, -0.15) is 0 Å². The first-order chi connectivity index (χ1) is 9.20. The zero-order valence-electron chi connectivity index (χ0n) is 11.1. The fraction of sp³-hybridized carbons (Fsp3) is 0.500. The Balaban J connectivity index is 1.86. The van der Waals surface area contributed by atoms with E-state index in [4.69, 9.17) is 4.74 Å². The van der Waals surface area contributed by atoms with Gasteiger partial charge in [0.2, 0.25) is 5.91 Å². The van der Waals surface area contributed by atoms with Gasteiger partial charge in [0.15, 0.2) is 0 Å². The average Bonchev–Trinajstić information content (AvgIpc) is 2.85. The van der Waals surface area contributed by atoms with Gasteiger partial charge in [-0.25, -0.2) is 0 Å². The number of hydrogen-bond donors (Lipinski definition) is 1. The molecule has 0 radical (unpaired) electrons. The van der Waals surface area contributed by atoms with Crippen LogP contribution in [-0.2, 0) is 9.53 Å². The SMILES string of the molecule is CCOCC(=O)N[C@H]1CCN(c2ccccc2Br)C1.